The van der Waals surface area contributed by atoms with Crippen LogP contribution >= 0.6 is 0 Å². The summed E-state index contributed by atoms with van der Waals surface area (Å²) in [7, 11) is 2.02. The number of nitrogens with zero attached hydrogens (tertiary/aromatic N) is 2. The van der Waals surface area contributed by atoms with Crippen LogP contribution in [0.5, 0.6) is 0 Å². The van der Waals surface area contributed by atoms with E-state index in [4.69, 9.17) is 5.73 Å². The van der Waals surface area contributed by atoms with Crippen molar-refractivity contribution in [3.8, 4) is 0 Å². The van der Waals surface area contributed by atoms with Gasteiger partial charge >= 0.3 is 0 Å². The Hall–Kier alpha value is -1.61. The molecule has 3 nitrogen and oxygen atoms in total. The second kappa shape index (κ2) is 6.02. The molecule has 0 saturated heterocycles. The normalized spacial score (nSPS) is 12.6. The minimum absolute atomic E-state index is 0.193. The van der Waals surface area contributed by atoms with Gasteiger partial charge in [0.1, 0.15) is 5.82 Å². The summed E-state index contributed by atoms with van der Waals surface area (Å²) in [6, 6.07) is 6.80. The molecular weight excluding hydrogens is 234 g/mol. The second-order valence-electron chi connectivity index (χ2n) is 5.38. The van der Waals surface area contributed by atoms with Crippen LogP contribution in [-0.4, -0.2) is 15.6 Å². The van der Waals surface area contributed by atoms with Crippen molar-refractivity contribution in [2.24, 2.45) is 12.8 Å². The van der Waals surface area contributed by atoms with Crippen molar-refractivity contribution in [1.82, 2.24) is 9.55 Å². The van der Waals surface area contributed by atoms with Crippen molar-refractivity contribution in [2.75, 3.05) is 0 Å². The molecule has 0 aliphatic rings. The Morgan fingerprint density at radius 2 is 2.05 bits per heavy atom. The Morgan fingerprint density at radius 3 is 2.68 bits per heavy atom. The Kier molecular flexibility index (Phi) is 4.38. The molecule has 1 aromatic carbocycles. The molecule has 19 heavy (non-hydrogen) atoms. The van der Waals surface area contributed by atoms with Gasteiger partial charge in [0, 0.05) is 31.9 Å². The zero-order valence-corrected chi connectivity index (χ0v) is 12.1. The maximum atomic E-state index is 6.22. The number of hydrogen-bond donors (Lipinski definition) is 1. The lowest BCUT2D eigenvalue weighted by Crippen LogP contribution is -2.24. The number of imidazole rings is 1. The molecule has 0 fully saturated rings. The van der Waals surface area contributed by atoms with Gasteiger partial charge in [0.05, 0.1) is 0 Å². The highest BCUT2D eigenvalue weighted by Crippen LogP contribution is 2.12. The molecule has 0 aliphatic heterocycles. The largest absolute Gasteiger partial charge is 0.338 e. The van der Waals surface area contributed by atoms with E-state index < -0.39 is 0 Å². The summed E-state index contributed by atoms with van der Waals surface area (Å²) in [4.78, 5) is 4.33. The zero-order chi connectivity index (χ0) is 13.8. The van der Waals surface area contributed by atoms with Gasteiger partial charge in [0.25, 0.3) is 0 Å². The number of rotatable bonds is 5. The van der Waals surface area contributed by atoms with Gasteiger partial charge in [0.15, 0.2) is 0 Å². The van der Waals surface area contributed by atoms with Gasteiger partial charge in [-0.3, -0.25) is 0 Å². The van der Waals surface area contributed by atoms with E-state index in [-0.39, 0.29) is 6.04 Å². The van der Waals surface area contributed by atoms with E-state index >= 15 is 0 Å². The van der Waals surface area contributed by atoms with Crippen LogP contribution in [0.1, 0.15) is 28.9 Å². The van der Waals surface area contributed by atoms with Crippen molar-refractivity contribution in [3.05, 3.63) is 53.1 Å². The third-order valence-corrected chi connectivity index (χ3v) is 3.73. The van der Waals surface area contributed by atoms with E-state index in [1.54, 1.807) is 0 Å². The summed E-state index contributed by atoms with van der Waals surface area (Å²) < 4.78 is 2.06. The van der Waals surface area contributed by atoms with Gasteiger partial charge in [-0.15, -0.1) is 0 Å². The number of hydrogen-bond acceptors (Lipinski definition) is 2. The lowest BCUT2D eigenvalue weighted by Gasteiger charge is -2.12. The number of benzene rings is 1. The van der Waals surface area contributed by atoms with Crippen LogP contribution in [0.4, 0.5) is 0 Å². The Balaban J connectivity index is 1.88. The SMILES string of the molecule is Cc1ccc(CC(N)CCc2nccn2C)cc1C. The van der Waals surface area contributed by atoms with E-state index in [1.807, 2.05) is 19.4 Å². The van der Waals surface area contributed by atoms with E-state index in [0.29, 0.717) is 0 Å². The van der Waals surface area contributed by atoms with Crippen LogP contribution in [0.3, 0.4) is 0 Å². The minimum atomic E-state index is 0.193. The molecule has 2 rings (SSSR count). The smallest absolute Gasteiger partial charge is 0.108 e. The first-order valence-electron chi connectivity index (χ1n) is 6.84. The summed E-state index contributed by atoms with van der Waals surface area (Å²) in [5, 5.41) is 0. The molecule has 2 aromatic rings. The molecule has 0 radical (unpaired) electrons. The third-order valence-electron chi connectivity index (χ3n) is 3.73. The monoisotopic (exact) mass is 257 g/mol. The van der Waals surface area contributed by atoms with E-state index in [0.717, 1.165) is 25.1 Å². The highest BCUT2D eigenvalue weighted by Gasteiger charge is 2.07. The third kappa shape index (κ3) is 3.67. The van der Waals surface area contributed by atoms with E-state index in [2.05, 4.69) is 41.6 Å². The molecule has 0 amide bonds. The fraction of sp³-hybridized carbons (Fsp3) is 0.438. The van der Waals surface area contributed by atoms with Crippen molar-refractivity contribution in [2.45, 2.75) is 39.2 Å². The summed E-state index contributed by atoms with van der Waals surface area (Å²) in [6.45, 7) is 4.29. The quantitative estimate of drug-likeness (QED) is 0.894. The maximum absolute atomic E-state index is 6.22. The Labute approximate surface area is 115 Å². The number of aryl methyl sites for hydroxylation is 4. The molecule has 0 aliphatic carbocycles. The maximum Gasteiger partial charge on any atom is 0.108 e. The van der Waals surface area contributed by atoms with Gasteiger partial charge in [-0.05, 0) is 43.4 Å². The Morgan fingerprint density at radius 1 is 1.26 bits per heavy atom. The fourth-order valence-electron chi connectivity index (χ4n) is 2.29. The van der Waals surface area contributed by atoms with Crippen LogP contribution in [0.2, 0.25) is 0 Å². The highest BCUT2D eigenvalue weighted by molar-refractivity contribution is 5.30. The van der Waals surface area contributed by atoms with Gasteiger partial charge in [0.2, 0.25) is 0 Å². The molecule has 1 unspecified atom stereocenters. The molecule has 0 bridgehead atoms. The lowest BCUT2D eigenvalue weighted by atomic mass is 9.99. The molecule has 1 aromatic heterocycles. The standard InChI is InChI=1S/C16H23N3/c1-12-4-5-14(10-13(12)2)11-15(17)6-7-16-18-8-9-19(16)3/h4-5,8-10,15H,6-7,11,17H2,1-3H3. The van der Waals surface area contributed by atoms with Gasteiger partial charge in [-0.25, -0.2) is 4.98 Å². The molecule has 1 atom stereocenters. The van der Waals surface area contributed by atoms with Gasteiger partial charge in [-0.1, -0.05) is 18.2 Å². The number of aromatic nitrogens is 2. The van der Waals surface area contributed by atoms with Crippen LogP contribution in [0, 0.1) is 13.8 Å². The predicted octanol–water partition coefficient (Wildman–Crippen LogP) is 2.54. The highest BCUT2D eigenvalue weighted by atomic mass is 15.0. The van der Waals surface area contributed by atoms with Crippen molar-refractivity contribution >= 4 is 0 Å². The molecule has 102 valence electrons. The topological polar surface area (TPSA) is 43.8 Å². The van der Waals surface area contributed by atoms with Crippen molar-refractivity contribution < 1.29 is 0 Å². The van der Waals surface area contributed by atoms with E-state index in [1.165, 1.54) is 16.7 Å². The van der Waals surface area contributed by atoms with Crippen LogP contribution in [0.25, 0.3) is 0 Å². The van der Waals surface area contributed by atoms with Crippen molar-refractivity contribution in [3.63, 3.8) is 0 Å². The fourth-order valence-corrected chi connectivity index (χ4v) is 2.29. The van der Waals surface area contributed by atoms with Crippen LogP contribution in [-0.2, 0) is 19.9 Å². The van der Waals surface area contributed by atoms with Gasteiger partial charge < -0.3 is 10.3 Å². The molecule has 1 heterocycles. The molecule has 0 saturated carbocycles. The summed E-state index contributed by atoms with van der Waals surface area (Å²) in [5.41, 5.74) is 10.2. The first kappa shape index (κ1) is 13.8. The van der Waals surface area contributed by atoms with Crippen molar-refractivity contribution in [1.29, 1.82) is 0 Å². The first-order chi connectivity index (χ1) is 9.06. The van der Waals surface area contributed by atoms with E-state index in [9.17, 15) is 0 Å². The number of nitrogens with two attached hydrogens (primary N) is 1. The lowest BCUT2D eigenvalue weighted by molar-refractivity contribution is 0.589. The molecule has 3 heteroatoms. The van der Waals surface area contributed by atoms with Crippen LogP contribution in [0.15, 0.2) is 30.6 Å². The minimum Gasteiger partial charge on any atom is -0.338 e. The summed E-state index contributed by atoms with van der Waals surface area (Å²) in [6.07, 6.45) is 6.66. The molecule has 2 N–H and O–H groups in total. The summed E-state index contributed by atoms with van der Waals surface area (Å²) >= 11 is 0. The molecule has 0 spiro atoms. The average molecular weight is 257 g/mol. The Bertz CT molecular complexity index is 543. The zero-order valence-electron chi connectivity index (χ0n) is 12.1. The second-order valence-corrected chi connectivity index (χ2v) is 5.38. The predicted molar refractivity (Wildman–Crippen MR) is 79.1 cm³/mol. The van der Waals surface area contributed by atoms with Gasteiger partial charge in [-0.2, -0.15) is 0 Å². The summed E-state index contributed by atoms with van der Waals surface area (Å²) in [5.74, 6) is 1.11. The average Bonchev–Trinajstić information content (AvgIpc) is 2.77. The molecular formula is C16H23N3. The first-order valence-corrected chi connectivity index (χ1v) is 6.84. The van der Waals surface area contributed by atoms with Crippen LogP contribution < -0.4 is 5.73 Å².